The fourth-order valence-electron chi connectivity index (χ4n) is 5.67. The number of aryl methyl sites for hydroxylation is 1. The Bertz CT molecular complexity index is 1790. The number of fused-ring (bicyclic) bond motifs is 2. The van der Waals surface area contributed by atoms with Gasteiger partial charge in [-0.2, -0.15) is 0 Å². The lowest BCUT2D eigenvalue weighted by Crippen LogP contribution is -2.35. The van der Waals surface area contributed by atoms with Crippen LogP contribution in [-0.2, 0) is 5.41 Å². The van der Waals surface area contributed by atoms with Crippen LogP contribution in [0.15, 0.2) is 140 Å². The van der Waals surface area contributed by atoms with Gasteiger partial charge >= 0.3 is 0 Å². The minimum atomic E-state index is -0.695. The van der Waals surface area contributed by atoms with Crippen molar-refractivity contribution in [2.75, 3.05) is 0 Å². The van der Waals surface area contributed by atoms with E-state index in [0.29, 0.717) is 0 Å². The van der Waals surface area contributed by atoms with Crippen molar-refractivity contribution in [3.05, 3.63) is 168 Å². The zero-order valence-corrected chi connectivity index (χ0v) is 22.0. The standard InChI is InChI=1S/C36H26N2O2/c1-25-11-8-18-32(38-25)26-12-9-14-28(23-26)39-29-15-10-13-27(24-29)36(35-21-6-7-22-37-35)30-16-2-4-19-33(30)40-34-20-5-3-17-31(34)36/h2-24H,1H3. The molecule has 192 valence electrons. The number of nitrogens with zero attached hydrogens (tertiary/aromatic N) is 2. The van der Waals surface area contributed by atoms with E-state index in [2.05, 4.69) is 53.5 Å². The van der Waals surface area contributed by atoms with E-state index < -0.39 is 5.41 Å². The third-order valence-corrected chi connectivity index (χ3v) is 7.37. The van der Waals surface area contributed by atoms with Crippen molar-refractivity contribution in [3.8, 4) is 34.3 Å². The molecule has 0 radical (unpaired) electrons. The summed E-state index contributed by atoms with van der Waals surface area (Å²) in [5, 5.41) is 0. The van der Waals surface area contributed by atoms with Gasteiger partial charge in [-0.05, 0) is 73.2 Å². The largest absolute Gasteiger partial charge is 0.457 e. The number of rotatable bonds is 5. The summed E-state index contributed by atoms with van der Waals surface area (Å²) in [6.07, 6.45) is 1.85. The van der Waals surface area contributed by atoms with E-state index in [-0.39, 0.29) is 0 Å². The zero-order valence-electron chi connectivity index (χ0n) is 22.0. The minimum absolute atomic E-state index is 0.695. The van der Waals surface area contributed by atoms with Crippen molar-refractivity contribution in [3.63, 3.8) is 0 Å². The van der Waals surface area contributed by atoms with E-state index in [4.69, 9.17) is 14.5 Å². The Morgan fingerprint density at radius 2 is 1.30 bits per heavy atom. The monoisotopic (exact) mass is 518 g/mol. The SMILES string of the molecule is Cc1cccc(-c2cccc(Oc3cccc(C4(c5ccccn5)c5ccccc5Oc5ccccc54)c3)c2)n1. The van der Waals surface area contributed by atoms with E-state index in [1.165, 1.54) is 0 Å². The average molecular weight is 519 g/mol. The van der Waals surface area contributed by atoms with Crippen LogP contribution in [0.5, 0.6) is 23.0 Å². The molecule has 0 saturated heterocycles. The van der Waals surface area contributed by atoms with Gasteiger partial charge < -0.3 is 9.47 Å². The molecule has 0 aliphatic carbocycles. The molecule has 0 atom stereocenters. The normalized spacial score (nSPS) is 13.0. The van der Waals surface area contributed by atoms with Crippen LogP contribution >= 0.6 is 0 Å². The fourth-order valence-corrected chi connectivity index (χ4v) is 5.67. The molecule has 4 nitrogen and oxygen atoms in total. The number of para-hydroxylation sites is 2. The molecule has 6 aromatic rings. The van der Waals surface area contributed by atoms with Crippen LogP contribution < -0.4 is 9.47 Å². The molecular formula is C36H26N2O2. The first kappa shape index (κ1) is 23.9. The molecule has 40 heavy (non-hydrogen) atoms. The first-order valence-corrected chi connectivity index (χ1v) is 13.3. The molecule has 0 unspecified atom stereocenters. The van der Waals surface area contributed by atoms with Crippen LogP contribution in [0.1, 0.15) is 28.1 Å². The van der Waals surface area contributed by atoms with Gasteiger partial charge in [0.1, 0.15) is 23.0 Å². The van der Waals surface area contributed by atoms with E-state index in [1.54, 1.807) is 0 Å². The number of aromatic nitrogens is 2. The smallest absolute Gasteiger partial charge is 0.132 e. The summed E-state index contributed by atoms with van der Waals surface area (Å²) in [6, 6.07) is 44.9. The summed E-state index contributed by atoms with van der Waals surface area (Å²) < 4.78 is 12.9. The minimum Gasteiger partial charge on any atom is -0.457 e. The Labute approximate surface area is 233 Å². The third kappa shape index (κ3) is 4.02. The Balaban J connectivity index is 1.38. The lowest BCUT2D eigenvalue weighted by molar-refractivity contribution is 0.431. The van der Waals surface area contributed by atoms with Gasteiger partial charge in [-0.1, -0.05) is 72.8 Å². The van der Waals surface area contributed by atoms with Gasteiger partial charge in [0, 0.05) is 28.6 Å². The molecule has 0 saturated carbocycles. The van der Waals surface area contributed by atoms with E-state index >= 15 is 0 Å². The predicted molar refractivity (Wildman–Crippen MR) is 157 cm³/mol. The summed E-state index contributed by atoms with van der Waals surface area (Å²) >= 11 is 0. The molecule has 7 rings (SSSR count). The van der Waals surface area contributed by atoms with Crippen LogP contribution in [0, 0.1) is 6.92 Å². The van der Waals surface area contributed by atoms with Gasteiger partial charge in [0.05, 0.1) is 16.8 Å². The highest BCUT2D eigenvalue weighted by Crippen LogP contribution is 2.55. The number of hydrogen-bond donors (Lipinski definition) is 0. The van der Waals surface area contributed by atoms with Gasteiger partial charge in [-0.3, -0.25) is 9.97 Å². The maximum absolute atomic E-state index is 6.48. The van der Waals surface area contributed by atoms with Gasteiger partial charge in [-0.25, -0.2) is 0 Å². The lowest BCUT2D eigenvalue weighted by atomic mass is 9.65. The molecule has 3 heterocycles. The van der Waals surface area contributed by atoms with Crippen molar-refractivity contribution >= 4 is 0 Å². The first-order chi connectivity index (χ1) is 19.7. The molecule has 1 aliphatic heterocycles. The van der Waals surface area contributed by atoms with Crippen LogP contribution in [0.25, 0.3) is 11.3 Å². The highest BCUT2D eigenvalue weighted by Gasteiger charge is 2.46. The highest BCUT2D eigenvalue weighted by atomic mass is 16.5. The van der Waals surface area contributed by atoms with E-state index in [0.717, 1.165) is 62.3 Å². The number of hydrogen-bond acceptors (Lipinski definition) is 4. The van der Waals surface area contributed by atoms with Crippen molar-refractivity contribution in [2.24, 2.45) is 0 Å². The van der Waals surface area contributed by atoms with Crippen molar-refractivity contribution in [1.82, 2.24) is 9.97 Å². The van der Waals surface area contributed by atoms with Gasteiger partial charge in [0.15, 0.2) is 0 Å². The van der Waals surface area contributed by atoms with Crippen LogP contribution in [0.4, 0.5) is 0 Å². The quantitative estimate of drug-likeness (QED) is 0.229. The zero-order chi connectivity index (χ0) is 26.9. The Morgan fingerprint density at radius 1 is 0.625 bits per heavy atom. The second-order valence-corrected chi connectivity index (χ2v) is 9.88. The lowest BCUT2D eigenvalue weighted by Gasteiger charge is -2.40. The Kier molecular flexibility index (Phi) is 5.86. The van der Waals surface area contributed by atoms with Crippen LogP contribution in [-0.4, -0.2) is 9.97 Å². The average Bonchev–Trinajstić information content (AvgIpc) is 3.00. The summed E-state index contributed by atoms with van der Waals surface area (Å²) in [5.41, 5.74) is 6.26. The third-order valence-electron chi connectivity index (χ3n) is 7.37. The molecule has 0 fully saturated rings. The van der Waals surface area contributed by atoms with Crippen molar-refractivity contribution in [2.45, 2.75) is 12.3 Å². The maximum Gasteiger partial charge on any atom is 0.132 e. The second-order valence-electron chi connectivity index (χ2n) is 9.88. The van der Waals surface area contributed by atoms with Gasteiger partial charge in [0.2, 0.25) is 0 Å². The summed E-state index contributed by atoms with van der Waals surface area (Å²) in [7, 11) is 0. The molecule has 0 N–H and O–H groups in total. The van der Waals surface area contributed by atoms with Gasteiger partial charge in [-0.15, -0.1) is 0 Å². The molecule has 0 amide bonds. The first-order valence-electron chi connectivity index (χ1n) is 13.3. The molecule has 2 aromatic heterocycles. The highest BCUT2D eigenvalue weighted by molar-refractivity contribution is 5.68. The Hall–Kier alpha value is -5.22. The molecule has 1 aliphatic rings. The van der Waals surface area contributed by atoms with E-state index in [9.17, 15) is 0 Å². The predicted octanol–water partition coefficient (Wildman–Crippen LogP) is 8.73. The van der Waals surface area contributed by atoms with Gasteiger partial charge in [0.25, 0.3) is 0 Å². The summed E-state index contributed by atoms with van der Waals surface area (Å²) in [6.45, 7) is 2.00. The van der Waals surface area contributed by atoms with Crippen molar-refractivity contribution < 1.29 is 9.47 Å². The summed E-state index contributed by atoms with van der Waals surface area (Å²) in [5.74, 6) is 3.12. The summed E-state index contributed by atoms with van der Waals surface area (Å²) in [4.78, 5) is 9.59. The number of benzene rings is 4. The number of ether oxygens (including phenoxy) is 2. The Morgan fingerprint density at radius 3 is 2.02 bits per heavy atom. The number of pyridine rings is 2. The van der Waals surface area contributed by atoms with E-state index in [1.807, 2.05) is 98.0 Å². The molecule has 4 aromatic carbocycles. The second kappa shape index (κ2) is 9.83. The topological polar surface area (TPSA) is 44.2 Å². The van der Waals surface area contributed by atoms with Crippen molar-refractivity contribution in [1.29, 1.82) is 0 Å². The molecule has 0 bridgehead atoms. The maximum atomic E-state index is 6.48. The van der Waals surface area contributed by atoms with Crippen LogP contribution in [0.2, 0.25) is 0 Å². The molecular weight excluding hydrogens is 492 g/mol. The molecule has 4 heteroatoms. The molecule has 0 spiro atoms. The fraction of sp³-hybridized carbons (Fsp3) is 0.0556. The van der Waals surface area contributed by atoms with Crippen LogP contribution in [0.3, 0.4) is 0 Å².